The highest BCUT2D eigenvalue weighted by Crippen LogP contribution is 2.18. The van der Waals surface area contributed by atoms with Crippen LogP contribution in [-0.2, 0) is 0 Å². The molecule has 0 radical (unpaired) electrons. The van der Waals surface area contributed by atoms with Gasteiger partial charge in [-0.1, -0.05) is 20.3 Å². The van der Waals surface area contributed by atoms with E-state index in [0.29, 0.717) is 6.04 Å². The molecule has 1 atom stereocenters. The zero-order valence-electron chi connectivity index (χ0n) is 10.2. The maximum Gasteiger partial charge on any atom is 0.0791 e. The lowest BCUT2D eigenvalue weighted by atomic mass is 10.2. The highest BCUT2D eigenvalue weighted by atomic mass is 16.3. The fourth-order valence-electron chi connectivity index (χ4n) is 1.71. The Morgan fingerprint density at radius 3 is 2.67 bits per heavy atom. The molecule has 1 saturated carbocycles. The third-order valence-electron chi connectivity index (χ3n) is 2.96. The van der Waals surface area contributed by atoms with Crippen molar-refractivity contribution >= 4 is 0 Å². The van der Waals surface area contributed by atoms with Crippen LogP contribution in [0.2, 0.25) is 0 Å². The zero-order chi connectivity index (χ0) is 11.1. The van der Waals surface area contributed by atoms with E-state index in [1.807, 2.05) is 0 Å². The lowest BCUT2D eigenvalue weighted by molar-refractivity contribution is 0.113. The van der Waals surface area contributed by atoms with Crippen LogP contribution in [0.4, 0.5) is 0 Å². The Kier molecular flexibility index (Phi) is 6.22. The molecule has 0 amide bonds. The maximum atomic E-state index is 9.82. The van der Waals surface area contributed by atoms with Gasteiger partial charge in [0, 0.05) is 19.1 Å². The fourth-order valence-corrected chi connectivity index (χ4v) is 1.71. The van der Waals surface area contributed by atoms with Gasteiger partial charge in [0.2, 0.25) is 0 Å². The van der Waals surface area contributed by atoms with Crippen LogP contribution in [0.3, 0.4) is 0 Å². The molecule has 1 fully saturated rings. The molecule has 1 aliphatic carbocycles. The highest BCUT2D eigenvalue weighted by Gasteiger charge is 2.21. The smallest absolute Gasteiger partial charge is 0.0791 e. The highest BCUT2D eigenvalue weighted by molar-refractivity contribution is 4.82. The summed E-state index contributed by atoms with van der Waals surface area (Å²) in [4.78, 5) is 2.34. The number of nitrogens with zero attached hydrogens (tertiary/aromatic N) is 1. The van der Waals surface area contributed by atoms with Gasteiger partial charge in [0.1, 0.15) is 0 Å². The zero-order valence-corrected chi connectivity index (χ0v) is 10.2. The summed E-state index contributed by atoms with van der Waals surface area (Å²) in [6.07, 6.45) is 4.84. The first-order chi connectivity index (χ1) is 7.26. The molecule has 2 N–H and O–H groups in total. The Bertz CT molecular complexity index is 160. The fraction of sp³-hybridized carbons (Fsp3) is 1.00. The Labute approximate surface area is 93.9 Å². The van der Waals surface area contributed by atoms with E-state index in [0.717, 1.165) is 26.2 Å². The van der Waals surface area contributed by atoms with Crippen molar-refractivity contribution < 1.29 is 5.11 Å². The van der Waals surface area contributed by atoms with Crippen molar-refractivity contribution in [2.24, 2.45) is 0 Å². The monoisotopic (exact) mass is 214 g/mol. The van der Waals surface area contributed by atoms with E-state index < -0.39 is 0 Å². The van der Waals surface area contributed by atoms with Crippen LogP contribution in [0.25, 0.3) is 0 Å². The van der Waals surface area contributed by atoms with Gasteiger partial charge in [-0.15, -0.1) is 0 Å². The van der Waals surface area contributed by atoms with Gasteiger partial charge in [-0.25, -0.2) is 0 Å². The van der Waals surface area contributed by atoms with Crippen LogP contribution >= 0.6 is 0 Å². The average molecular weight is 214 g/mol. The summed E-state index contributed by atoms with van der Waals surface area (Å²) in [6.45, 7) is 8.10. The van der Waals surface area contributed by atoms with Crippen LogP contribution in [0, 0.1) is 0 Å². The third kappa shape index (κ3) is 6.13. The Balaban J connectivity index is 2.05. The number of hydrogen-bond donors (Lipinski definition) is 2. The van der Waals surface area contributed by atoms with Crippen LogP contribution in [0.15, 0.2) is 0 Å². The first kappa shape index (κ1) is 12.9. The van der Waals surface area contributed by atoms with Crippen LogP contribution in [0.1, 0.15) is 39.5 Å². The standard InChI is InChI=1S/C12H26N2O/c1-3-5-8-14(4-2)10-12(15)9-13-11-6-7-11/h11-13,15H,3-10H2,1-2H3. The Morgan fingerprint density at radius 1 is 1.40 bits per heavy atom. The van der Waals surface area contributed by atoms with Crippen LogP contribution in [-0.4, -0.2) is 48.3 Å². The maximum absolute atomic E-state index is 9.82. The van der Waals surface area contributed by atoms with Gasteiger partial charge in [0.15, 0.2) is 0 Å². The van der Waals surface area contributed by atoms with Crippen LogP contribution < -0.4 is 5.32 Å². The molecule has 1 unspecified atom stereocenters. The molecule has 0 aromatic rings. The first-order valence-electron chi connectivity index (χ1n) is 6.40. The first-order valence-corrected chi connectivity index (χ1v) is 6.40. The number of aliphatic hydroxyl groups excluding tert-OH is 1. The molecule has 0 aliphatic heterocycles. The number of hydrogen-bond acceptors (Lipinski definition) is 3. The second-order valence-corrected chi connectivity index (χ2v) is 4.58. The van der Waals surface area contributed by atoms with Gasteiger partial charge in [-0.3, -0.25) is 0 Å². The van der Waals surface area contributed by atoms with E-state index in [1.54, 1.807) is 0 Å². The average Bonchev–Trinajstić information content (AvgIpc) is 3.05. The van der Waals surface area contributed by atoms with Gasteiger partial charge in [0.05, 0.1) is 6.10 Å². The molecule has 0 spiro atoms. The van der Waals surface area contributed by atoms with E-state index in [2.05, 4.69) is 24.1 Å². The molecule has 0 bridgehead atoms. The van der Waals surface area contributed by atoms with Crippen molar-refractivity contribution in [1.29, 1.82) is 0 Å². The summed E-state index contributed by atoms with van der Waals surface area (Å²) >= 11 is 0. The Morgan fingerprint density at radius 2 is 2.13 bits per heavy atom. The predicted octanol–water partition coefficient (Wildman–Crippen LogP) is 1.22. The summed E-state index contributed by atoms with van der Waals surface area (Å²) in [5.74, 6) is 0. The summed E-state index contributed by atoms with van der Waals surface area (Å²) in [7, 11) is 0. The Hall–Kier alpha value is -0.120. The van der Waals surface area contributed by atoms with Crippen molar-refractivity contribution in [3.63, 3.8) is 0 Å². The molecule has 0 heterocycles. The largest absolute Gasteiger partial charge is 0.390 e. The number of likely N-dealkylation sites (N-methyl/N-ethyl adjacent to an activating group) is 1. The minimum Gasteiger partial charge on any atom is -0.390 e. The molecule has 15 heavy (non-hydrogen) atoms. The van der Waals surface area contributed by atoms with Gasteiger partial charge in [0.25, 0.3) is 0 Å². The van der Waals surface area contributed by atoms with Gasteiger partial charge >= 0.3 is 0 Å². The third-order valence-corrected chi connectivity index (χ3v) is 2.96. The van der Waals surface area contributed by atoms with E-state index in [4.69, 9.17) is 0 Å². The van der Waals surface area contributed by atoms with Crippen molar-refractivity contribution in [3.8, 4) is 0 Å². The second-order valence-electron chi connectivity index (χ2n) is 4.58. The summed E-state index contributed by atoms with van der Waals surface area (Å²) in [6, 6.07) is 0.699. The van der Waals surface area contributed by atoms with Gasteiger partial charge in [-0.2, -0.15) is 0 Å². The van der Waals surface area contributed by atoms with Crippen molar-refractivity contribution in [1.82, 2.24) is 10.2 Å². The number of aliphatic hydroxyl groups is 1. The minimum absolute atomic E-state index is 0.206. The molecule has 0 saturated heterocycles. The lowest BCUT2D eigenvalue weighted by Crippen LogP contribution is -2.39. The van der Waals surface area contributed by atoms with Crippen LogP contribution in [0.5, 0.6) is 0 Å². The van der Waals surface area contributed by atoms with E-state index in [-0.39, 0.29) is 6.10 Å². The summed E-state index contributed by atoms with van der Waals surface area (Å²) in [5.41, 5.74) is 0. The second kappa shape index (κ2) is 7.20. The number of rotatable bonds is 9. The van der Waals surface area contributed by atoms with Crippen molar-refractivity contribution in [3.05, 3.63) is 0 Å². The van der Waals surface area contributed by atoms with Gasteiger partial charge in [-0.05, 0) is 32.4 Å². The predicted molar refractivity (Wildman–Crippen MR) is 64.1 cm³/mol. The topological polar surface area (TPSA) is 35.5 Å². The van der Waals surface area contributed by atoms with E-state index in [1.165, 1.54) is 25.7 Å². The molecule has 0 aromatic carbocycles. The molecular weight excluding hydrogens is 188 g/mol. The number of nitrogens with one attached hydrogen (secondary N) is 1. The SMILES string of the molecule is CCCCN(CC)CC(O)CNC1CC1. The lowest BCUT2D eigenvalue weighted by Gasteiger charge is -2.23. The molecule has 1 rings (SSSR count). The molecular formula is C12H26N2O. The van der Waals surface area contributed by atoms with E-state index in [9.17, 15) is 5.11 Å². The molecule has 3 heteroatoms. The molecule has 90 valence electrons. The minimum atomic E-state index is -0.206. The summed E-state index contributed by atoms with van der Waals surface area (Å²) < 4.78 is 0. The summed E-state index contributed by atoms with van der Waals surface area (Å²) in [5, 5.41) is 13.2. The normalized spacial score (nSPS) is 18.4. The molecule has 0 aromatic heterocycles. The van der Waals surface area contributed by atoms with Gasteiger partial charge < -0.3 is 15.3 Å². The van der Waals surface area contributed by atoms with Crippen molar-refractivity contribution in [2.45, 2.75) is 51.7 Å². The van der Waals surface area contributed by atoms with Crippen molar-refractivity contribution in [2.75, 3.05) is 26.2 Å². The molecule has 3 nitrogen and oxygen atoms in total. The number of unbranched alkanes of at least 4 members (excludes halogenated alkanes) is 1. The quantitative estimate of drug-likeness (QED) is 0.606. The van der Waals surface area contributed by atoms with E-state index >= 15 is 0 Å². The molecule has 1 aliphatic rings.